The molecule has 0 aliphatic carbocycles. The third kappa shape index (κ3) is 3.66. The van der Waals surface area contributed by atoms with Crippen LogP contribution >= 0.6 is 22.9 Å². The fourth-order valence-corrected chi connectivity index (χ4v) is 4.42. The maximum Gasteiger partial charge on any atom is 0.275 e. The van der Waals surface area contributed by atoms with Gasteiger partial charge >= 0.3 is 0 Å². The van der Waals surface area contributed by atoms with Crippen LogP contribution in [0.2, 0.25) is 5.02 Å². The molecular weight excluding hydrogens is 400 g/mol. The van der Waals surface area contributed by atoms with Crippen molar-refractivity contribution in [3.05, 3.63) is 62.7 Å². The first kappa shape index (κ1) is 18.2. The minimum absolute atomic E-state index is 0.00485. The van der Waals surface area contributed by atoms with Gasteiger partial charge in [-0.2, -0.15) is 0 Å². The lowest BCUT2D eigenvalue weighted by Gasteiger charge is -2.07. The van der Waals surface area contributed by atoms with Gasteiger partial charge in [-0.25, -0.2) is 13.4 Å². The SMILES string of the molecule is Cc1c(Cl)cc(S(=O)(=O)Nc2nc(-c3cccnc3)cs2)cc1[N+](=O)[O-]. The number of hydrogen-bond acceptors (Lipinski definition) is 7. The number of halogens is 1. The highest BCUT2D eigenvalue weighted by atomic mass is 35.5. The van der Waals surface area contributed by atoms with Gasteiger partial charge in [0, 0.05) is 35.0 Å². The fraction of sp³-hybridized carbons (Fsp3) is 0.0667. The smallest absolute Gasteiger partial charge is 0.264 e. The summed E-state index contributed by atoms with van der Waals surface area (Å²) in [6, 6.07) is 5.68. The van der Waals surface area contributed by atoms with E-state index in [1.807, 2.05) is 0 Å². The third-order valence-electron chi connectivity index (χ3n) is 3.48. The summed E-state index contributed by atoms with van der Waals surface area (Å²) < 4.78 is 27.4. The first-order chi connectivity index (χ1) is 12.3. The van der Waals surface area contributed by atoms with Crippen molar-refractivity contribution in [3.8, 4) is 11.3 Å². The van der Waals surface area contributed by atoms with E-state index in [9.17, 15) is 18.5 Å². The quantitative estimate of drug-likeness (QED) is 0.504. The molecule has 0 fully saturated rings. The van der Waals surface area contributed by atoms with E-state index in [-0.39, 0.29) is 26.3 Å². The van der Waals surface area contributed by atoms with Crippen molar-refractivity contribution in [2.45, 2.75) is 11.8 Å². The molecule has 3 aromatic rings. The average molecular weight is 411 g/mol. The molecule has 0 bridgehead atoms. The molecule has 0 spiro atoms. The molecule has 0 atom stereocenters. The molecule has 0 radical (unpaired) electrons. The van der Waals surface area contributed by atoms with Crippen LogP contribution in [-0.2, 0) is 10.0 Å². The number of nitro groups is 1. The molecule has 0 aliphatic rings. The van der Waals surface area contributed by atoms with Crippen LogP contribution in [0.15, 0.2) is 46.9 Å². The molecule has 1 aromatic carbocycles. The summed E-state index contributed by atoms with van der Waals surface area (Å²) >= 11 is 7.03. The number of hydrogen-bond donors (Lipinski definition) is 1. The zero-order valence-corrected chi connectivity index (χ0v) is 15.6. The van der Waals surface area contributed by atoms with Gasteiger partial charge in [-0.3, -0.25) is 19.8 Å². The van der Waals surface area contributed by atoms with Crippen molar-refractivity contribution in [3.63, 3.8) is 0 Å². The van der Waals surface area contributed by atoms with Crippen LogP contribution in [-0.4, -0.2) is 23.3 Å². The third-order valence-corrected chi connectivity index (χ3v) is 6.08. The molecule has 26 heavy (non-hydrogen) atoms. The van der Waals surface area contributed by atoms with E-state index >= 15 is 0 Å². The number of aromatic nitrogens is 2. The molecule has 134 valence electrons. The number of benzene rings is 1. The van der Waals surface area contributed by atoms with Gasteiger partial charge in [0.05, 0.1) is 20.5 Å². The van der Waals surface area contributed by atoms with E-state index in [2.05, 4.69) is 14.7 Å². The predicted molar refractivity (Wildman–Crippen MR) is 99.0 cm³/mol. The molecule has 3 rings (SSSR count). The maximum atomic E-state index is 12.5. The molecule has 2 aromatic heterocycles. The number of nitrogens with one attached hydrogen (secondary N) is 1. The number of sulfonamides is 1. The highest BCUT2D eigenvalue weighted by molar-refractivity contribution is 7.93. The van der Waals surface area contributed by atoms with Gasteiger partial charge < -0.3 is 0 Å². The molecule has 0 amide bonds. The van der Waals surface area contributed by atoms with Crippen LogP contribution in [0.25, 0.3) is 11.3 Å². The first-order valence-electron chi connectivity index (χ1n) is 7.11. The van der Waals surface area contributed by atoms with Gasteiger partial charge in [0.1, 0.15) is 0 Å². The van der Waals surface area contributed by atoms with Gasteiger partial charge in [-0.05, 0) is 25.1 Å². The number of nitro benzene ring substituents is 1. The molecule has 11 heteroatoms. The summed E-state index contributed by atoms with van der Waals surface area (Å²) in [5.74, 6) is 0. The highest BCUT2D eigenvalue weighted by Crippen LogP contribution is 2.31. The second-order valence-electron chi connectivity index (χ2n) is 5.19. The zero-order valence-electron chi connectivity index (χ0n) is 13.2. The topological polar surface area (TPSA) is 115 Å². The van der Waals surface area contributed by atoms with Gasteiger partial charge in [0.15, 0.2) is 5.13 Å². The normalized spacial score (nSPS) is 11.3. The summed E-state index contributed by atoms with van der Waals surface area (Å²) in [5, 5.41) is 12.9. The summed E-state index contributed by atoms with van der Waals surface area (Å²) in [5.41, 5.74) is 1.13. The Morgan fingerprint density at radius 1 is 1.35 bits per heavy atom. The van der Waals surface area contributed by atoms with Crippen LogP contribution in [0.1, 0.15) is 5.56 Å². The van der Waals surface area contributed by atoms with Crippen LogP contribution in [0.5, 0.6) is 0 Å². The Morgan fingerprint density at radius 3 is 2.77 bits per heavy atom. The van der Waals surface area contributed by atoms with Crippen molar-refractivity contribution in [1.29, 1.82) is 0 Å². The lowest BCUT2D eigenvalue weighted by atomic mass is 10.2. The Kier molecular flexibility index (Phi) is 4.90. The summed E-state index contributed by atoms with van der Waals surface area (Å²) in [6.45, 7) is 1.45. The standard InChI is InChI=1S/C15H11ClN4O4S2/c1-9-12(16)5-11(6-14(9)20(21)22)26(23,24)19-15-18-13(8-25-15)10-3-2-4-17-7-10/h2-8H,1H3,(H,18,19). The molecule has 0 saturated heterocycles. The average Bonchev–Trinajstić information content (AvgIpc) is 3.05. The minimum Gasteiger partial charge on any atom is -0.264 e. The number of thiazole rings is 1. The first-order valence-corrected chi connectivity index (χ1v) is 9.85. The highest BCUT2D eigenvalue weighted by Gasteiger charge is 2.23. The molecule has 0 unspecified atom stereocenters. The van der Waals surface area contributed by atoms with Crippen molar-refractivity contribution in [1.82, 2.24) is 9.97 Å². The van der Waals surface area contributed by atoms with Gasteiger partial charge in [0.2, 0.25) is 0 Å². The van der Waals surface area contributed by atoms with E-state index in [1.165, 1.54) is 13.0 Å². The fourth-order valence-electron chi connectivity index (χ4n) is 2.13. The van der Waals surface area contributed by atoms with E-state index < -0.39 is 14.9 Å². The van der Waals surface area contributed by atoms with E-state index in [0.29, 0.717) is 5.69 Å². The Morgan fingerprint density at radius 2 is 2.12 bits per heavy atom. The van der Waals surface area contributed by atoms with Crippen molar-refractivity contribution < 1.29 is 13.3 Å². The van der Waals surface area contributed by atoms with E-state index in [1.54, 1.807) is 29.9 Å². The molecular formula is C15H11ClN4O4S2. The van der Waals surface area contributed by atoms with E-state index in [4.69, 9.17) is 11.6 Å². The second kappa shape index (κ2) is 6.98. The molecule has 8 nitrogen and oxygen atoms in total. The van der Waals surface area contributed by atoms with Gasteiger partial charge in [-0.15, -0.1) is 11.3 Å². The molecule has 2 heterocycles. The number of anilines is 1. The van der Waals surface area contributed by atoms with Crippen LogP contribution in [0.3, 0.4) is 0 Å². The van der Waals surface area contributed by atoms with E-state index in [0.717, 1.165) is 23.0 Å². The lowest BCUT2D eigenvalue weighted by Crippen LogP contribution is -2.13. The Bertz CT molecular complexity index is 1080. The molecule has 0 saturated carbocycles. The maximum absolute atomic E-state index is 12.5. The lowest BCUT2D eigenvalue weighted by molar-refractivity contribution is -0.385. The van der Waals surface area contributed by atoms with Gasteiger partial charge in [0.25, 0.3) is 15.7 Å². The number of rotatable bonds is 5. The van der Waals surface area contributed by atoms with Gasteiger partial charge in [-0.1, -0.05) is 11.6 Å². The van der Waals surface area contributed by atoms with Crippen LogP contribution < -0.4 is 4.72 Å². The van der Waals surface area contributed by atoms with Crippen LogP contribution in [0, 0.1) is 17.0 Å². The van der Waals surface area contributed by atoms with Crippen molar-refractivity contribution >= 4 is 43.8 Å². The number of pyridine rings is 1. The summed E-state index contributed by atoms with van der Waals surface area (Å²) in [6.07, 6.45) is 3.23. The summed E-state index contributed by atoms with van der Waals surface area (Å²) in [4.78, 5) is 18.3. The second-order valence-corrected chi connectivity index (χ2v) is 8.14. The Labute approximate surface area is 157 Å². The molecule has 1 N–H and O–H groups in total. The van der Waals surface area contributed by atoms with Crippen molar-refractivity contribution in [2.24, 2.45) is 0 Å². The minimum atomic E-state index is -4.08. The zero-order chi connectivity index (χ0) is 18.9. The largest absolute Gasteiger partial charge is 0.275 e. The Hall–Kier alpha value is -2.56. The number of nitrogens with zero attached hydrogens (tertiary/aromatic N) is 3. The predicted octanol–water partition coefficient (Wildman–Crippen LogP) is 3.88. The summed E-state index contributed by atoms with van der Waals surface area (Å²) in [7, 11) is -4.08. The Balaban J connectivity index is 1.93. The molecule has 0 aliphatic heterocycles. The monoisotopic (exact) mass is 410 g/mol. The van der Waals surface area contributed by atoms with Crippen LogP contribution in [0.4, 0.5) is 10.8 Å². The van der Waals surface area contributed by atoms with Crippen molar-refractivity contribution in [2.75, 3.05) is 4.72 Å².